The SMILES string of the molecule is [2H]C1([2H])c2ccccc2C2[C@H](C)N(c3ccccc3C)C(c3ccccc3)N21. The highest BCUT2D eigenvalue weighted by molar-refractivity contribution is 5.58. The molecule has 1 fully saturated rings. The number of fused-ring (bicyclic) bond motifs is 3. The lowest BCUT2D eigenvalue weighted by atomic mass is 9.99. The first-order valence-corrected chi connectivity index (χ1v) is 9.28. The van der Waals surface area contributed by atoms with Crippen molar-refractivity contribution in [1.82, 2.24) is 4.90 Å². The molecule has 2 heterocycles. The van der Waals surface area contributed by atoms with Crippen LogP contribution in [0.5, 0.6) is 0 Å². The van der Waals surface area contributed by atoms with Gasteiger partial charge in [0.15, 0.2) is 0 Å². The number of anilines is 1. The Balaban J connectivity index is 1.75. The monoisotopic (exact) mass is 342 g/mol. The topological polar surface area (TPSA) is 6.48 Å². The van der Waals surface area contributed by atoms with Crippen LogP contribution in [-0.4, -0.2) is 10.9 Å². The number of hydrogen-bond donors (Lipinski definition) is 0. The Labute approximate surface area is 158 Å². The summed E-state index contributed by atoms with van der Waals surface area (Å²) >= 11 is 0. The molecule has 0 aliphatic carbocycles. The highest BCUT2D eigenvalue weighted by Gasteiger charge is 2.50. The lowest BCUT2D eigenvalue weighted by molar-refractivity contribution is 0.208. The van der Waals surface area contributed by atoms with Crippen molar-refractivity contribution in [3.8, 4) is 0 Å². The molecule has 1 saturated heterocycles. The van der Waals surface area contributed by atoms with Crippen LogP contribution >= 0.6 is 0 Å². The second-order valence-corrected chi connectivity index (χ2v) is 7.27. The Morgan fingerprint density at radius 1 is 0.885 bits per heavy atom. The highest BCUT2D eigenvalue weighted by Crippen LogP contribution is 2.52. The first kappa shape index (κ1) is 13.6. The zero-order chi connectivity index (χ0) is 19.5. The average Bonchev–Trinajstić information content (AvgIpc) is 3.14. The molecule has 2 heteroatoms. The minimum Gasteiger partial charge on any atom is -0.347 e. The number of benzene rings is 3. The normalized spacial score (nSPS) is 27.6. The van der Waals surface area contributed by atoms with E-state index in [1.54, 1.807) is 0 Å². The predicted octanol–water partition coefficient (Wildman–Crippen LogP) is 5.46. The number of nitrogens with zero attached hydrogens (tertiary/aromatic N) is 2. The molecule has 0 saturated carbocycles. The Morgan fingerprint density at radius 2 is 1.58 bits per heavy atom. The standard InChI is InChI=1S/C24H24N2/c1-17-10-6-9-15-22(17)26-18(2)23-21-14-8-7-13-20(21)16-25(23)24(26)19-11-4-3-5-12-19/h3-15,18,23-24H,16H2,1-2H3/t18-,23?,24?/m0/s1/i16D2. The smallest absolute Gasteiger partial charge is 0.109 e. The van der Waals surface area contributed by atoms with Crippen molar-refractivity contribution in [3.05, 3.63) is 101 Å². The fourth-order valence-corrected chi connectivity index (χ4v) is 4.58. The van der Waals surface area contributed by atoms with Gasteiger partial charge >= 0.3 is 0 Å². The van der Waals surface area contributed by atoms with Gasteiger partial charge in [0.05, 0.1) is 6.04 Å². The van der Waals surface area contributed by atoms with Crippen LogP contribution < -0.4 is 4.90 Å². The Hall–Kier alpha value is -2.58. The van der Waals surface area contributed by atoms with Gasteiger partial charge in [-0.15, -0.1) is 0 Å². The fourth-order valence-electron chi connectivity index (χ4n) is 4.58. The summed E-state index contributed by atoms with van der Waals surface area (Å²) in [7, 11) is 0. The fraction of sp³-hybridized carbons (Fsp3) is 0.250. The molecular weight excluding hydrogens is 316 g/mol. The summed E-state index contributed by atoms with van der Waals surface area (Å²) in [5.41, 5.74) is 5.42. The molecule has 0 radical (unpaired) electrons. The molecule has 3 aromatic carbocycles. The van der Waals surface area contributed by atoms with Gasteiger partial charge in [0.1, 0.15) is 6.17 Å². The quantitative estimate of drug-likeness (QED) is 0.610. The second-order valence-electron chi connectivity index (χ2n) is 7.27. The van der Waals surface area contributed by atoms with E-state index in [4.69, 9.17) is 2.74 Å². The maximum atomic E-state index is 9.04. The summed E-state index contributed by atoms with van der Waals surface area (Å²) in [5.74, 6) is 0. The third kappa shape index (κ3) is 2.22. The van der Waals surface area contributed by atoms with Crippen molar-refractivity contribution in [2.45, 2.75) is 38.6 Å². The minimum atomic E-state index is -1.52. The maximum Gasteiger partial charge on any atom is 0.109 e. The van der Waals surface area contributed by atoms with E-state index < -0.39 is 6.50 Å². The van der Waals surface area contributed by atoms with Gasteiger partial charge in [-0.2, -0.15) is 0 Å². The molecule has 0 aromatic heterocycles. The van der Waals surface area contributed by atoms with Gasteiger partial charge in [0.2, 0.25) is 0 Å². The molecule has 0 bridgehead atoms. The van der Waals surface area contributed by atoms with Gasteiger partial charge in [0.25, 0.3) is 0 Å². The van der Waals surface area contributed by atoms with Crippen LogP contribution in [0.4, 0.5) is 5.69 Å². The van der Waals surface area contributed by atoms with Gasteiger partial charge in [-0.1, -0.05) is 72.8 Å². The third-order valence-corrected chi connectivity index (χ3v) is 5.74. The van der Waals surface area contributed by atoms with Crippen molar-refractivity contribution < 1.29 is 2.74 Å². The zero-order valence-corrected chi connectivity index (χ0v) is 15.1. The van der Waals surface area contributed by atoms with Crippen LogP contribution in [0.25, 0.3) is 0 Å². The molecule has 2 aliphatic heterocycles. The summed E-state index contributed by atoms with van der Waals surface area (Å²) in [5, 5.41) is 0. The lowest BCUT2D eigenvalue weighted by Gasteiger charge is -2.34. The number of rotatable bonds is 2. The molecule has 2 unspecified atom stereocenters. The molecule has 3 aromatic rings. The number of aryl methyl sites for hydroxylation is 1. The van der Waals surface area contributed by atoms with Gasteiger partial charge in [0, 0.05) is 21.0 Å². The van der Waals surface area contributed by atoms with Crippen molar-refractivity contribution >= 4 is 5.69 Å². The Morgan fingerprint density at radius 3 is 2.38 bits per heavy atom. The molecule has 0 amide bonds. The highest BCUT2D eigenvalue weighted by atomic mass is 15.5. The van der Waals surface area contributed by atoms with E-state index in [2.05, 4.69) is 66.1 Å². The van der Waals surface area contributed by atoms with Gasteiger partial charge in [-0.25, -0.2) is 0 Å². The summed E-state index contributed by atoms with van der Waals surface area (Å²) < 4.78 is 18.1. The Kier molecular flexibility index (Phi) is 3.14. The van der Waals surface area contributed by atoms with Crippen LogP contribution in [-0.2, 0) is 6.50 Å². The summed E-state index contributed by atoms with van der Waals surface area (Å²) in [6, 6.07) is 26.9. The van der Waals surface area contributed by atoms with Crippen molar-refractivity contribution in [2.75, 3.05) is 4.90 Å². The van der Waals surface area contributed by atoms with E-state index in [1.165, 1.54) is 11.3 Å². The maximum absolute atomic E-state index is 9.04. The van der Waals surface area contributed by atoms with E-state index in [0.29, 0.717) is 0 Å². The second kappa shape index (κ2) is 6.00. The predicted molar refractivity (Wildman–Crippen MR) is 107 cm³/mol. The van der Waals surface area contributed by atoms with E-state index in [1.807, 2.05) is 36.4 Å². The van der Waals surface area contributed by atoms with E-state index in [-0.39, 0.29) is 18.2 Å². The lowest BCUT2D eigenvalue weighted by Crippen LogP contribution is -2.33. The zero-order valence-electron chi connectivity index (χ0n) is 17.1. The molecular formula is C24H24N2. The summed E-state index contributed by atoms with van der Waals surface area (Å²) in [6.07, 6.45) is -0.162. The molecule has 2 aliphatic rings. The first-order valence-electron chi connectivity index (χ1n) is 10.3. The molecule has 130 valence electrons. The van der Waals surface area contributed by atoms with Crippen LogP contribution in [0.1, 0.15) is 44.1 Å². The molecule has 3 atom stereocenters. The van der Waals surface area contributed by atoms with Crippen molar-refractivity contribution in [1.29, 1.82) is 0 Å². The summed E-state index contributed by atoms with van der Waals surface area (Å²) in [4.78, 5) is 4.48. The van der Waals surface area contributed by atoms with Crippen LogP contribution in [0.15, 0.2) is 78.9 Å². The van der Waals surface area contributed by atoms with Crippen LogP contribution in [0.3, 0.4) is 0 Å². The number of para-hydroxylation sites is 1. The summed E-state index contributed by atoms with van der Waals surface area (Å²) in [6.45, 7) is 2.84. The minimum absolute atomic E-state index is 0.0102. The largest absolute Gasteiger partial charge is 0.347 e. The van der Waals surface area contributed by atoms with Crippen molar-refractivity contribution in [2.24, 2.45) is 0 Å². The molecule has 0 spiro atoms. The van der Waals surface area contributed by atoms with E-state index in [9.17, 15) is 0 Å². The van der Waals surface area contributed by atoms with E-state index >= 15 is 0 Å². The van der Waals surface area contributed by atoms with Crippen LogP contribution in [0.2, 0.25) is 0 Å². The molecule has 5 rings (SSSR count). The third-order valence-electron chi connectivity index (χ3n) is 5.74. The van der Waals surface area contributed by atoms with E-state index in [0.717, 1.165) is 16.7 Å². The molecule has 26 heavy (non-hydrogen) atoms. The van der Waals surface area contributed by atoms with Crippen LogP contribution in [0, 0.1) is 6.92 Å². The average molecular weight is 342 g/mol. The van der Waals surface area contributed by atoms with Gasteiger partial charge in [-0.3, -0.25) is 4.90 Å². The van der Waals surface area contributed by atoms with Crippen molar-refractivity contribution in [3.63, 3.8) is 0 Å². The van der Waals surface area contributed by atoms with Gasteiger partial charge in [-0.05, 0) is 42.2 Å². The number of hydrogen-bond acceptors (Lipinski definition) is 2. The van der Waals surface area contributed by atoms with Gasteiger partial charge < -0.3 is 4.90 Å². The first-order chi connectivity index (χ1) is 13.5. The molecule has 2 nitrogen and oxygen atoms in total. The Bertz CT molecular complexity index is 1020. The molecule has 0 N–H and O–H groups in total.